The lowest BCUT2D eigenvalue weighted by atomic mass is 10.2. The molecule has 0 saturated heterocycles. The van der Waals surface area contributed by atoms with Crippen LogP contribution in [-0.2, 0) is 6.54 Å². The fraction of sp³-hybridized carbons (Fsp3) is 0.0667. The zero-order valence-corrected chi connectivity index (χ0v) is 11.4. The Morgan fingerprint density at radius 2 is 1.90 bits per heavy atom. The predicted molar refractivity (Wildman–Crippen MR) is 78.0 cm³/mol. The third kappa shape index (κ3) is 2.37. The van der Waals surface area contributed by atoms with Gasteiger partial charge < -0.3 is 5.73 Å². The van der Waals surface area contributed by atoms with Gasteiger partial charge in [-0.1, -0.05) is 36.0 Å². The highest BCUT2D eigenvalue weighted by Crippen LogP contribution is 2.33. The number of para-hydroxylation sites is 1. The third-order valence-corrected chi connectivity index (χ3v) is 4.11. The van der Waals surface area contributed by atoms with Gasteiger partial charge >= 0.3 is 0 Å². The van der Waals surface area contributed by atoms with Gasteiger partial charge in [-0.15, -0.1) is 0 Å². The Morgan fingerprint density at radius 1 is 1.05 bits per heavy atom. The van der Waals surface area contributed by atoms with E-state index in [4.69, 9.17) is 5.73 Å². The molecule has 0 spiro atoms. The Bertz CT molecular complexity index is 756. The van der Waals surface area contributed by atoms with Crippen LogP contribution in [0.3, 0.4) is 0 Å². The molecule has 2 N–H and O–H groups in total. The van der Waals surface area contributed by atoms with Crippen LogP contribution in [0.4, 0.5) is 4.39 Å². The van der Waals surface area contributed by atoms with E-state index in [0.717, 1.165) is 20.8 Å². The van der Waals surface area contributed by atoms with Gasteiger partial charge in [0.1, 0.15) is 17.2 Å². The van der Waals surface area contributed by atoms with Crippen molar-refractivity contribution in [3.63, 3.8) is 0 Å². The van der Waals surface area contributed by atoms with Crippen molar-refractivity contribution < 1.29 is 4.39 Å². The van der Waals surface area contributed by atoms with Gasteiger partial charge in [0.15, 0.2) is 0 Å². The average Bonchev–Trinajstić information content (AvgIpc) is 2.48. The summed E-state index contributed by atoms with van der Waals surface area (Å²) in [7, 11) is 0. The summed E-state index contributed by atoms with van der Waals surface area (Å²) in [6.07, 6.45) is 1.52. The summed E-state index contributed by atoms with van der Waals surface area (Å²) in [5, 5.41) is 1.75. The van der Waals surface area contributed by atoms with E-state index >= 15 is 0 Å². The van der Waals surface area contributed by atoms with E-state index in [0.29, 0.717) is 5.56 Å². The maximum atomic E-state index is 13.7. The number of hydrogen-bond acceptors (Lipinski definition) is 4. The zero-order chi connectivity index (χ0) is 13.9. The van der Waals surface area contributed by atoms with Gasteiger partial charge in [-0.3, -0.25) is 0 Å². The van der Waals surface area contributed by atoms with Crippen molar-refractivity contribution in [3.05, 3.63) is 60.2 Å². The van der Waals surface area contributed by atoms with Gasteiger partial charge in [-0.05, 0) is 18.2 Å². The van der Waals surface area contributed by atoms with Crippen molar-refractivity contribution in [2.75, 3.05) is 0 Å². The lowest BCUT2D eigenvalue weighted by Crippen LogP contribution is -2.01. The third-order valence-electron chi connectivity index (χ3n) is 2.99. The molecule has 0 aliphatic rings. The summed E-state index contributed by atoms with van der Waals surface area (Å²) in [5.41, 5.74) is 7.02. The normalized spacial score (nSPS) is 10.9. The molecule has 0 saturated carbocycles. The molecule has 5 heteroatoms. The van der Waals surface area contributed by atoms with Crippen LogP contribution in [0.1, 0.15) is 5.56 Å². The van der Waals surface area contributed by atoms with Gasteiger partial charge in [0.2, 0.25) is 0 Å². The number of fused-ring (bicyclic) bond motifs is 1. The highest BCUT2D eigenvalue weighted by atomic mass is 32.2. The van der Waals surface area contributed by atoms with Crippen molar-refractivity contribution in [2.24, 2.45) is 5.73 Å². The molecule has 3 nitrogen and oxygen atoms in total. The average molecular weight is 285 g/mol. The number of nitrogens with zero attached hydrogens (tertiary/aromatic N) is 2. The van der Waals surface area contributed by atoms with Crippen LogP contribution in [0.15, 0.2) is 58.7 Å². The SMILES string of the molecule is NCc1c(F)cccc1Sc1ncnc2ccccc12. The summed E-state index contributed by atoms with van der Waals surface area (Å²) in [4.78, 5) is 9.30. The Morgan fingerprint density at radius 3 is 2.75 bits per heavy atom. The monoisotopic (exact) mass is 285 g/mol. The number of aromatic nitrogens is 2. The summed E-state index contributed by atoms with van der Waals surface area (Å²) in [5.74, 6) is -0.282. The van der Waals surface area contributed by atoms with Crippen LogP contribution in [0.5, 0.6) is 0 Å². The van der Waals surface area contributed by atoms with Gasteiger partial charge in [0, 0.05) is 22.4 Å². The first-order chi connectivity index (χ1) is 9.79. The van der Waals surface area contributed by atoms with Crippen molar-refractivity contribution in [3.8, 4) is 0 Å². The van der Waals surface area contributed by atoms with E-state index in [9.17, 15) is 4.39 Å². The molecule has 0 fully saturated rings. The number of hydrogen-bond donors (Lipinski definition) is 1. The van der Waals surface area contributed by atoms with E-state index < -0.39 is 0 Å². The molecule has 1 aromatic heterocycles. The molecule has 0 aliphatic heterocycles. The van der Waals surface area contributed by atoms with E-state index in [-0.39, 0.29) is 12.4 Å². The van der Waals surface area contributed by atoms with Crippen LogP contribution < -0.4 is 5.73 Å². The lowest BCUT2D eigenvalue weighted by Gasteiger charge is -2.09. The first-order valence-electron chi connectivity index (χ1n) is 6.14. The number of benzene rings is 2. The fourth-order valence-corrected chi connectivity index (χ4v) is 3.04. The van der Waals surface area contributed by atoms with Gasteiger partial charge in [-0.25, -0.2) is 14.4 Å². The second kappa shape index (κ2) is 5.56. The summed E-state index contributed by atoms with van der Waals surface area (Å²) < 4.78 is 13.7. The summed E-state index contributed by atoms with van der Waals surface area (Å²) in [6.45, 7) is 0.165. The molecule has 0 aliphatic carbocycles. The summed E-state index contributed by atoms with van der Waals surface area (Å²) >= 11 is 1.41. The first-order valence-corrected chi connectivity index (χ1v) is 6.96. The largest absolute Gasteiger partial charge is 0.326 e. The Hall–Kier alpha value is -1.98. The Labute approximate surface area is 120 Å². The second-order valence-corrected chi connectivity index (χ2v) is 5.25. The summed E-state index contributed by atoms with van der Waals surface area (Å²) in [6, 6.07) is 12.7. The molecule has 100 valence electrons. The predicted octanol–water partition coefficient (Wildman–Crippen LogP) is 3.38. The molecular formula is C15H12FN3S. The highest BCUT2D eigenvalue weighted by molar-refractivity contribution is 7.99. The zero-order valence-electron chi connectivity index (χ0n) is 10.6. The molecule has 2 aromatic carbocycles. The van der Waals surface area contributed by atoms with Crippen LogP contribution in [0, 0.1) is 5.82 Å². The highest BCUT2D eigenvalue weighted by Gasteiger charge is 2.11. The first kappa shape index (κ1) is 13.0. The molecule has 1 heterocycles. The second-order valence-electron chi connectivity index (χ2n) is 4.22. The standard InChI is InChI=1S/C15H12FN3S/c16-12-5-3-7-14(11(12)8-17)20-15-10-4-1-2-6-13(10)18-9-19-15/h1-7,9H,8,17H2. The van der Waals surface area contributed by atoms with Crippen LogP contribution in [-0.4, -0.2) is 9.97 Å². The maximum absolute atomic E-state index is 13.7. The molecule has 0 bridgehead atoms. The molecule has 3 rings (SSSR count). The van der Waals surface area contributed by atoms with Gasteiger partial charge in [0.25, 0.3) is 0 Å². The molecule has 0 unspecified atom stereocenters. The smallest absolute Gasteiger partial charge is 0.128 e. The Kier molecular flexibility index (Phi) is 3.62. The van der Waals surface area contributed by atoms with Crippen molar-refractivity contribution >= 4 is 22.7 Å². The number of rotatable bonds is 3. The Balaban J connectivity index is 2.08. The maximum Gasteiger partial charge on any atom is 0.128 e. The number of halogens is 1. The van der Waals surface area contributed by atoms with Crippen LogP contribution in [0.2, 0.25) is 0 Å². The minimum atomic E-state index is -0.282. The van der Waals surface area contributed by atoms with Gasteiger partial charge in [0.05, 0.1) is 5.52 Å². The van der Waals surface area contributed by atoms with E-state index in [2.05, 4.69) is 9.97 Å². The lowest BCUT2D eigenvalue weighted by molar-refractivity contribution is 0.604. The molecule has 3 aromatic rings. The topological polar surface area (TPSA) is 51.8 Å². The quantitative estimate of drug-likeness (QED) is 0.750. The van der Waals surface area contributed by atoms with Crippen LogP contribution in [0.25, 0.3) is 10.9 Å². The van der Waals surface area contributed by atoms with E-state index in [1.165, 1.54) is 24.2 Å². The minimum Gasteiger partial charge on any atom is -0.326 e. The molecule has 20 heavy (non-hydrogen) atoms. The number of nitrogens with two attached hydrogens (primary N) is 1. The van der Waals surface area contributed by atoms with Gasteiger partial charge in [-0.2, -0.15) is 0 Å². The van der Waals surface area contributed by atoms with Crippen LogP contribution >= 0.6 is 11.8 Å². The molecule has 0 atom stereocenters. The van der Waals surface area contributed by atoms with Crippen molar-refractivity contribution in [1.82, 2.24) is 9.97 Å². The van der Waals surface area contributed by atoms with E-state index in [1.54, 1.807) is 6.07 Å². The van der Waals surface area contributed by atoms with Crippen molar-refractivity contribution in [2.45, 2.75) is 16.5 Å². The van der Waals surface area contributed by atoms with E-state index in [1.807, 2.05) is 30.3 Å². The molecule has 0 amide bonds. The molecular weight excluding hydrogens is 273 g/mol. The fourth-order valence-electron chi connectivity index (χ4n) is 2.00. The minimum absolute atomic E-state index is 0.165. The molecule has 0 radical (unpaired) electrons. The van der Waals surface area contributed by atoms with Crippen molar-refractivity contribution in [1.29, 1.82) is 0 Å².